The summed E-state index contributed by atoms with van der Waals surface area (Å²) in [7, 11) is 0. The van der Waals surface area contributed by atoms with Crippen LogP contribution in [-0.4, -0.2) is 46.2 Å². The van der Waals surface area contributed by atoms with Crippen molar-refractivity contribution in [3.63, 3.8) is 0 Å². The van der Waals surface area contributed by atoms with Crippen LogP contribution in [0.5, 0.6) is 0 Å². The van der Waals surface area contributed by atoms with Crippen molar-refractivity contribution >= 4 is 34.3 Å². The van der Waals surface area contributed by atoms with E-state index >= 15 is 0 Å². The van der Waals surface area contributed by atoms with Crippen LogP contribution in [0.4, 0.5) is 9.52 Å². The van der Waals surface area contributed by atoms with E-state index in [0.29, 0.717) is 22.2 Å². The molecule has 0 aliphatic heterocycles. The molecule has 0 saturated heterocycles. The molecule has 2 amide bonds. The number of unbranched alkanes of at least 4 members (excludes halogenated alkanes) is 1. The van der Waals surface area contributed by atoms with Gasteiger partial charge in [-0.25, -0.2) is 4.39 Å². The average molecular weight is 541 g/mol. The van der Waals surface area contributed by atoms with Gasteiger partial charge in [0.25, 0.3) is 11.8 Å². The molecule has 1 aromatic heterocycles. The van der Waals surface area contributed by atoms with Crippen molar-refractivity contribution in [2.24, 2.45) is 0 Å². The minimum absolute atomic E-state index is 0.0170. The molecule has 2 aromatic carbocycles. The highest BCUT2D eigenvalue weighted by atomic mass is 32.1. The summed E-state index contributed by atoms with van der Waals surface area (Å²) >= 11 is 1.22. The molecule has 38 heavy (non-hydrogen) atoms. The normalized spacial score (nSPS) is 12.1. The fraction of sp³-hybridized carbons (Fsp3) is 0.393. The number of benzene rings is 2. The van der Waals surface area contributed by atoms with E-state index in [4.69, 9.17) is 4.74 Å². The Balaban J connectivity index is 1.70. The van der Waals surface area contributed by atoms with Gasteiger partial charge in [0, 0.05) is 23.7 Å². The Morgan fingerprint density at radius 1 is 1.08 bits per heavy atom. The zero-order valence-corrected chi connectivity index (χ0v) is 23.1. The van der Waals surface area contributed by atoms with E-state index in [9.17, 15) is 18.8 Å². The van der Waals surface area contributed by atoms with Crippen molar-refractivity contribution < 1.29 is 23.5 Å². The van der Waals surface area contributed by atoms with Crippen molar-refractivity contribution in [1.29, 1.82) is 0 Å². The lowest BCUT2D eigenvalue weighted by Gasteiger charge is -2.21. The van der Waals surface area contributed by atoms with Crippen LogP contribution in [0, 0.1) is 5.82 Å². The summed E-state index contributed by atoms with van der Waals surface area (Å²) in [6.07, 6.45) is 1.65. The van der Waals surface area contributed by atoms with E-state index < -0.39 is 23.4 Å². The van der Waals surface area contributed by atoms with E-state index in [0.717, 1.165) is 18.4 Å². The molecule has 1 atom stereocenters. The van der Waals surface area contributed by atoms with E-state index in [1.165, 1.54) is 34.4 Å². The average Bonchev–Trinajstić information content (AvgIpc) is 3.33. The van der Waals surface area contributed by atoms with E-state index in [1.54, 1.807) is 58.0 Å². The summed E-state index contributed by atoms with van der Waals surface area (Å²) in [6, 6.07) is 12.3. The van der Waals surface area contributed by atoms with Crippen LogP contribution >= 0.6 is 11.3 Å². The Morgan fingerprint density at radius 3 is 2.39 bits per heavy atom. The summed E-state index contributed by atoms with van der Waals surface area (Å²) in [5.74, 6) is -1.74. The van der Waals surface area contributed by atoms with Crippen LogP contribution < -0.4 is 10.2 Å². The van der Waals surface area contributed by atoms with Crippen molar-refractivity contribution in [3.05, 3.63) is 65.5 Å². The lowest BCUT2D eigenvalue weighted by molar-refractivity contribution is -0.155. The number of hydrogen-bond donors (Lipinski definition) is 1. The lowest BCUT2D eigenvalue weighted by atomic mass is 10.1. The monoisotopic (exact) mass is 540 g/mol. The molecule has 3 rings (SSSR count). The van der Waals surface area contributed by atoms with Gasteiger partial charge in [-0.1, -0.05) is 48.9 Å². The van der Waals surface area contributed by atoms with E-state index in [-0.39, 0.29) is 23.9 Å². The summed E-state index contributed by atoms with van der Waals surface area (Å²) in [4.78, 5) is 39.2. The molecule has 8 nitrogen and oxygen atoms in total. The molecule has 202 valence electrons. The number of nitrogens with one attached hydrogen (secondary N) is 1. The van der Waals surface area contributed by atoms with Gasteiger partial charge >= 0.3 is 5.97 Å². The number of anilines is 1. The first-order valence-electron chi connectivity index (χ1n) is 12.5. The molecule has 1 N–H and O–H groups in total. The van der Waals surface area contributed by atoms with E-state index in [1.807, 2.05) is 6.92 Å². The second-order valence-corrected chi connectivity index (χ2v) is 10.9. The minimum Gasteiger partial charge on any atom is -0.460 e. The number of amides is 2. The fourth-order valence-electron chi connectivity index (χ4n) is 3.58. The van der Waals surface area contributed by atoms with E-state index in [2.05, 4.69) is 15.5 Å². The summed E-state index contributed by atoms with van der Waals surface area (Å²) < 4.78 is 19.6. The highest BCUT2D eigenvalue weighted by Gasteiger charge is 2.24. The highest BCUT2D eigenvalue weighted by Crippen LogP contribution is 2.30. The molecule has 3 aromatic rings. The minimum atomic E-state index is -0.585. The molecule has 1 heterocycles. The maximum Gasteiger partial charge on any atom is 0.308 e. The van der Waals surface area contributed by atoms with Gasteiger partial charge in [-0.05, 0) is 58.4 Å². The van der Waals surface area contributed by atoms with Crippen LogP contribution in [-0.2, 0) is 9.53 Å². The molecule has 0 aliphatic carbocycles. The number of halogens is 1. The number of carbonyl (C=O) groups excluding carboxylic acids is 3. The van der Waals surface area contributed by atoms with Gasteiger partial charge in [-0.15, -0.1) is 10.2 Å². The molecular formula is C28H33FN4O4S. The summed E-state index contributed by atoms with van der Waals surface area (Å²) in [5, 5.41) is 12.2. The molecule has 0 spiro atoms. The quantitative estimate of drug-likeness (QED) is 0.334. The van der Waals surface area contributed by atoms with Gasteiger partial charge in [0.1, 0.15) is 16.4 Å². The Kier molecular flexibility index (Phi) is 9.68. The Labute approximate surface area is 226 Å². The van der Waals surface area contributed by atoms with Crippen LogP contribution in [0.1, 0.15) is 74.6 Å². The first kappa shape index (κ1) is 28.9. The molecule has 0 fully saturated rings. The maximum absolute atomic E-state index is 14.3. The molecule has 0 bridgehead atoms. The second kappa shape index (κ2) is 12.7. The predicted octanol–water partition coefficient (Wildman–Crippen LogP) is 5.64. The molecule has 10 heteroatoms. The van der Waals surface area contributed by atoms with Gasteiger partial charge in [0.2, 0.25) is 5.13 Å². The largest absolute Gasteiger partial charge is 0.460 e. The number of rotatable bonds is 10. The number of esters is 1. The second-order valence-electron chi connectivity index (χ2n) is 9.92. The number of ether oxygens (including phenoxy) is 1. The van der Waals surface area contributed by atoms with Crippen molar-refractivity contribution in [2.45, 2.75) is 65.5 Å². The third-order valence-corrected chi connectivity index (χ3v) is 6.39. The Morgan fingerprint density at radius 2 is 1.76 bits per heavy atom. The topological polar surface area (TPSA) is 101 Å². The zero-order valence-electron chi connectivity index (χ0n) is 22.3. The van der Waals surface area contributed by atoms with Gasteiger partial charge in [-0.2, -0.15) is 0 Å². The maximum atomic E-state index is 14.3. The van der Waals surface area contributed by atoms with Crippen molar-refractivity contribution in [3.8, 4) is 10.6 Å². The molecule has 0 saturated carbocycles. The van der Waals surface area contributed by atoms with Crippen LogP contribution in [0.15, 0.2) is 48.5 Å². The van der Waals surface area contributed by atoms with Crippen LogP contribution in [0.2, 0.25) is 0 Å². The Hall–Kier alpha value is -3.66. The van der Waals surface area contributed by atoms with Crippen LogP contribution in [0.25, 0.3) is 10.6 Å². The van der Waals surface area contributed by atoms with Crippen molar-refractivity contribution in [1.82, 2.24) is 15.5 Å². The molecular weight excluding hydrogens is 507 g/mol. The van der Waals surface area contributed by atoms with Gasteiger partial charge in [-0.3, -0.25) is 19.3 Å². The molecule has 0 radical (unpaired) electrons. The van der Waals surface area contributed by atoms with Crippen LogP contribution in [0.3, 0.4) is 0 Å². The number of hydrogen-bond acceptors (Lipinski definition) is 7. The summed E-state index contributed by atoms with van der Waals surface area (Å²) in [5.41, 5.74) is 0.547. The highest BCUT2D eigenvalue weighted by molar-refractivity contribution is 7.18. The van der Waals surface area contributed by atoms with Gasteiger partial charge in [0.05, 0.1) is 12.0 Å². The number of nitrogens with zero attached hydrogens (tertiary/aromatic N) is 3. The third-order valence-electron chi connectivity index (χ3n) is 5.39. The smallest absolute Gasteiger partial charge is 0.308 e. The number of aromatic nitrogens is 2. The fourth-order valence-corrected chi connectivity index (χ4v) is 4.45. The third kappa shape index (κ3) is 7.92. The lowest BCUT2D eigenvalue weighted by Crippen LogP contribution is -2.36. The van der Waals surface area contributed by atoms with Gasteiger partial charge in [0.15, 0.2) is 0 Å². The first-order chi connectivity index (χ1) is 18.0. The zero-order chi connectivity index (χ0) is 27.9. The van der Waals surface area contributed by atoms with Crippen molar-refractivity contribution in [2.75, 3.05) is 11.4 Å². The Bertz CT molecular complexity index is 1270. The standard InChI is InChI=1S/C28H33FN4O4S/c1-6-7-16-33(26(36)21-10-8-9-11-22(21)29)27-32-31-25(38-27)20-14-12-19(13-15-20)24(35)30-18(2)17-23(34)37-28(3,4)5/h8-15,18H,6-7,16-17H2,1-5H3,(H,30,35). The molecule has 1 unspecified atom stereocenters. The predicted molar refractivity (Wildman–Crippen MR) is 146 cm³/mol. The number of carbonyl (C=O) groups is 3. The SMILES string of the molecule is CCCCN(C(=O)c1ccccc1F)c1nnc(-c2ccc(C(=O)NC(C)CC(=O)OC(C)(C)C)cc2)s1. The summed E-state index contributed by atoms with van der Waals surface area (Å²) in [6.45, 7) is 9.51. The van der Waals surface area contributed by atoms with Gasteiger partial charge < -0.3 is 10.1 Å². The molecule has 0 aliphatic rings. The first-order valence-corrected chi connectivity index (χ1v) is 13.3.